The van der Waals surface area contributed by atoms with Crippen LogP contribution in [0.2, 0.25) is 15.1 Å². The zero-order valence-electron chi connectivity index (χ0n) is 10.2. The lowest BCUT2D eigenvalue weighted by Crippen LogP contribution is -2.46. The van der Waals surface area contributed by atoms with Gasteiger partial charge in [-0.3, -0.25) is 4.90 Å². The second-order valence-electron chi connectivity index (χ2n) is 4.24. The molecule has 1 saturated heterocycles. The predicted octanol–water partition coefficient (Wildman–Crippen LogP) is 3.01. The van der Waals surface area contributed by atoms with Crippen LogP contribution in [0.4, 0.5) is 0 Å². The van der Waals surface area contributed by atoms with E-state index in [-0.39, 0.29) is 25.1 Å². The van der Waals surface area contributed by atoms with Crippen LogP contribution in [-0.2, 0) is 0 Å². The van der Waals surface area contributed by atoms with Gasteiger partial charge in [-0.1, -0.05) is 34.8 Å². The molecule has 2 rings (SSSR count). The lowest BCUT2D eigenvalue weighted by Gasteiger charge is -2.35. The second-order valence-corrected chi connectivity index (χ2v) is 5.43. The predicted molar refractivity (Wildman–Crippen MR) is 83.0 cm³/mol. The molecule has 108 valence electrons. The molecule has 7 heteroatoms. The monoisotopic (exact) mass is 344 g/mol. The van der Waals surface area contributed by atoms with Crippen molar-refractivity contribution in [2.24, 2.45) is 0 Å². The van der Waals surface area contributed by atoms with Crippen molar-refractivity contribution in [2.45, 2.75) is 6.04 Å². The summed E-state index contributed by atoms with van der Waals surface area (Å²) in [4.78, 5) is 2.17. The SMILES string of the molecule is Cl.OC[C@H](c1c(Cl)ccc(Cl)c1Cl)N1CCNCC1. The Balaban J connectivity index is 0.00000180. The Morgan fingerprint density at radius 2 is 1.74 bits per heavy atom. The molecule has 0 aromatic heterocycles. The molecule has 1 aliphatic heterocycles. The molecule has 0 unspecified atom stereocenters. The quantitative estimate of drug-likeness (QED) is 0.826. The summed E-state index contributed by atoms with van der Waals surface area (Å²) >= 11 is 18.4. The molecule has 1 atom stereocenters. The van der Waals surface area contributed by atoms with E-state index in [9.17, 15) is 5.11 Å². The van der Waals surface area contributed by atoms with Crippen LogP contribution in [0.5, 0.6) is 0 Å². The molecule has 0 bridgehead atoms. The van der Waals surface area contributed by atoms with Gasteiger partial charge in [-0.15, -0.1) is 12.4 Å². The van der Waals surface area contributed by atoms with E-state index in [0.29, 0.717) is 15.1 Å². The Labute approximate surface area is 134 Å². The van der Waals surface area contributed by atoms with E-state index >= 15 is 0 Å². The van der Waals surface area contributed by atoms with Gasteiger partial charge in [-0.2, -0.15) is 0 Å². The van der Waals surface area contributed by atoms with Crippen molar-refractivity contribution in [1.82, 2.24) is 10.2 Å². The largest absolute Gasteiger partial charge is 0.394 e. The maximum atomic E-state index is 9.65. The summed E-state index contributed by atoms with van der Waals surface area (Å²) in [5.41, 5.74) is 0.718. The first-order valence-corrected chi connectivity index (χ1v) is 6.97. The minimum atomic E-state index is -0.203. The van der Waals surface area contributed by atoms with Gasteiger partial charge in [0.2, 0.25) is 0 Å². The highest BCUT2D eigenvalue weighted by atomic mass is 35.5. The maximum absolute atomic E-state index is 9.65. The van der Waals surface area contributed by atoms with E-state index in [4.69, 9.17) is 34.8 Å². The summed E-state index contributed by atoms with van der Waals surface area (Å²) in [7, 11) is 0. The Morgan fingerprint density at radius 3 is 2.32 bits per heavy atom. The number of hydrogen-bond acceptors (Lipinski definition) is 3. The third kappa shape index (κ3) is 3.88. The Kier molecular flexibility index (Phi) is 7.19. The Morgan fingerprint density at radius 1 is 1.16 bits per heavy atom. The number of aliphatic hydroxyl groups excluding tert-OH is 1. The van der Waals surface area contributed by atoms with Crippen molar-refractivity contribution in [3.05, 3.63) is 32.8 Å². The van der Waals surface area contributed by atoms with E-state index in [1.54, 1.807) is 12.1 Å². The summed E-state index contributed by atoms with van der Waals surface area (Å²) in [6.45, 7) is 3.47. The highest BCUT2D eigenvalue weighted by molar-refractivity contribution is 6.44. The molecule has 1 aliphatic rings. The number of piperazine rings is 1. The second kappa shape index (κ2) is 7.89. The van der Waals surface area contributed by atoms with E-state index in [1.165, 1.54) is 0 Å². The van der Waals surface area contributed by atoms with Crippen LogP contribution in [0, 0.1) is 0 Å². The summed E-state index contributed by atoms with van der Waals surface area (Å²) < 4.78 is 0. The molecule has 0 amide bonds. The molecular weight excluding hydrogens is 330 g/mol. The Bertz CT molecular complexity index is 424. The van der Waals surface area contributed by atoms with Gasteiger partial charge < -0.3 is 10.4 Å². The molecule has 0 spiro atoms. The third-order valence-corrected chi connectivity index (χ3v) is 4.33. The fourth-order valence-corrected chi connectivity index (χ4v) is 3.02. The normalized spacial score (nSPS) is 17.9. The molecule has 0 saturated carbocycles. The molecule has 3 nitrogen and oxygen atoms in total. The highest BCUT2D eigenvalue weighted by Gasteiger charge is 2.26. The minimum Gasteiger partial charge on any atom is -0.394 e. The zero-order valence-corrected chi connectivity index (χ0v) is 13.3. The molecule has 1 aromatic carbocycles. The van der Waals surface area contributed by atoms with Crippen LogP contribution in [0.1, 0.15) is 11.6 Å². The van der Waals surface area contributed by atoms with Crippen LogP contribution < -0.4 is 5.32 Å². The Hall–Kier alpha value is 0.260. The van der Waals surface area contributed by atoms with Crippen molar-refractivity contribution in [1.29, 1.82) is 0 Å². The molecule has 0 radical (unpaired) electrons. The highest BCUT2D eigenvalue weighted by Crippen LogP contribution is 2.37. The summed E-state index contributed by atoms with van der Waals surface area (Å²) in [5.74, 6) is 0. The fraction of sp³-hybridized carbons (Fsp3) is 0.500. The molecule has 0 aliphatic carbocycles. The van der Waals surface area contributed by atoms with Gasteiger partial charge in [0, 0.05) is 36.8 Å². The van der Waals surface area contributed by atoms with Crippen molar-refractivity contribution >= 4 is 47.2 Å². The van der Waals surface area contributed by atoms with Crippen molar-refractivity contribution in [3.8, 4) is 0 Å². The van der Waals surface area contributed by atoms with E-state index in [1.807, 2.05) is 0 Å². The van der Waals surface area contributed by atoms with Crippen molar-refractivity contribution < 1.29 is 5.11 Å². The van der Waals surface area contributed by atoms with E-state index in [2.05, 4.69) is 10.2 Å². The van der Waals surface area contributed by atoms with Crippen LogP contribution in [0.25, 0.3) is 0 Å². The number of aliphatic hydroxyl groups is 1. The number of rotatable bonds is 3. The van der Waals surface area contributed by atoms with Crippen LogP contribution in [0.15, 0.2) is 12.1 Å². The maximum Gasteiger partial charge on any atom is 0.0655 e. The topological polar surface area (TPSA) is 35.5 Å². The molecule has 2 N–H and O–H groups in total. The van der Waals surface area contributed by atoms with Crippen LogP contribution in [-0.4, -0.2) is 42.8 Å². The number of nitrogens with one attached hydrogen (secondary N) is 1. The van der Waals surface area contributed by atoms with Crippen LogP contribution >= 0.6 is 47.2 Å². The lowest BCUT2D eigenvalue weighted by molar-refractivity contribution is 0.111. The van der Waals surface area contributed by atoms with Gasteiger partial charge in [-0.25, -0.2) is 0 Å². The third-order valence-electron chi connectivity index (χ3n) is 3.18. The summed E-state index contributed by atoms with van der Waals surface area (Å²) in [6.07, 6.45) is 0. The van der Waals surface area contributed by atoms with Gasteiger partial charge in [0.1, 0.15) is 0 Å². The van der Waals surface area contributed by atoms with Gasteiger partial charge in [0.05, 0.1) is 22.7 Å². The van der Waals surface area contributed by atoms with Crippen molar-refractivity contribution in [2.75, 3.05) is 32.8 Å². The first-order chi connectivity index (χ1) is 8.65. The van der Waals surface area contributed by atoms with Gasteiger partial charge in [-0.05, 0) is 12.1 Å². The first-order valence-electron chi connectivity index (χ1n) is 5.84. The number of benzene rings is 1. The van der Waals surface area contributed by atoms with Crippen molar-refractivity contribution in [3.63, 3.8) is 0 Å². The number of halogens is 4. The van der Waals surface area contributed by atoms with Crippen LogP contribution in [0.3, 0.4) is 0 Å². The zero-order chi connectivity index (χ0) is 13.1. The average Bonchev–Trinajstić information content (AvgIpc) is 2.40. The molecular formula is C12H16Cl4N2O. The van der Waals surface area contributed by atoms with E-state index < -0.39 is 0 Å². The molecule has 1 aromatic rings. The molecule has 19 heavy (non-hydrogen) atoms. The number of nitrogens with zero attached hydrogens (tertiary/aromatic N) is 1. The summed E-state index contributed by atoms with van der Waals surface area (Å²) in [5, 5.41) is 14.4. The molecule has 1 fully saturated rings. The first kappa shape index (κ1) is 17.3. The summed E-state index contributed by atoms with van der Waals surface area (Å²) in [6, 6.07) is 3.18. The smallest absolute Gasteiger partial charge is 0.0655 e. The van der Waals surface area contributed by atoms with Gasteiger partial charge in [0.15, 0.2) is 0 Å². The average molecular weight is 346 g/mol. The lowest BCUT2D eigenvalue weighted by atomic mass is 10.0. The standard InChI is InChI=1S/C12H15Cl3N2O.ClH/c13-8-1-2-9(14)12(15)11(8)10(7-18)17-5-3-16-4-6-17;/h1-2,10,16,18H,3-7H2;1H/t10-;/m1./s1. The fourth-order valence-electron chi connectivity index (χ4n) is 2.23. The molecule has 1 heterocycles. The van der Waals surface area contributed by atoms with Gasteiger partial charge >= 0.3 is 0 Å². The van der Waals surface area contributed by atoms with E-state index in [0.717, 1.165) is 31.7 Å². The van der Waals surface area contributed by atoms with Gasteiger partial charge in [0.25, 0.3) is 0 Å². The number of hydrogen-bond donors (Lipinski definition) is 2. The minimum absolute atomic E-state index is 0.